The Morgan fingerprint density at radius 2 is 1.74 bits per heavy atom. The normalized spacial score (nSPS) is 37.6. The fourth-order valence-electron chi connectivity index (χ4n) is 6.97. The van der Waals surface area contributed by atoms with Crippen molar-refractivity contribution in [2.45, 2.75) is 86.7 Å². The predicted molar refractivity (Wildman–Crippen MR) is 118 cm³/mol. The van der Waals surface area contributed by atoms with Gasteiger partial charge in [0.05, 0.1) is 16.4 Å². The summed E-state index contributed by atoms with van der Waals surface area (Å²) in [5, 5.41) is 10.9. The molecule has 0 aromatic heterocycles. The first-order valence-electron chi connectivity index (χ1n) is 11.6. The number of aliphatic hydroxyl groups is 1. The Balaban J connectivity index is 2.24. The lowest BCUT2D eigenvalue weighted by Gasteiger charge is -2.41. The van der Waals surface area contributed by atoms with Gasteiger partial charge in [-0.2, -0.15) is 0 Å². The molecule has 3 fully saturated rings. The van der Waals surface area contributed by atoms with E-state index in [2.05, 4.69) is 0 Å². The molecule has 0 heterocycles. The second-order valence-electron chi connectivity index (χ2n) is 11.7. The lowest BCUT2D eigenvalue weighted by molar-refractivity contribution is -0.161. The van der Waals surface area contributed by atoms with Crippen LogP contribution in [0.1, 0.15) is 81.1 Å². The van der Waals surface area contributed by atoms with Gasteiger partial charge in [0.1, 0.15) is 5.92 Å². The molecule has 0 aromatic rings. The van der Waals surface area contributed by atoms with E-state index in [0.29, 0.717) is 6.42 Å². The van der Waals surface area contributed by atoms with Crippen LogP contribution in [0.15, 0.2) is 11.6 Å². The molecule has 31 heavy (non-hydrogen) atoms. The summed E-state index contributed by atoms with van der Waals surface area (Å²) in [7, 11) is 0. The van der Waals surface area contributed by atoms with Crippen LogP contribution in [-0.4, -0.2) is 33.8 Å². The zero-order valence-electron chi connectivity index (χ0n) is 20.3. The first-order chi connectivity index (χ1) is 14.1. The van der Waals surface area contributed by atoms with Gasteiger partial charge in [0.25, 0.3) is 0 Å². The van der Waals surface area contributed by atoms with Crippen molar-refractivity contribution in [2.75, 3.05) is 0 Å². The summed E-state index contributed by atoms with van der Waals surface area (Å²) in [6, 6.07) is 0. The van der Waals surface area contributed by atoms with Crippen LogP contribution in [-0.2, 0) is 19.2 Å². The third-order valence-corrected chi connectivity index (χ3v) is 8.84. The molecule has 3 aliphatic carbocycles. The van der Waals surface area contributed by atoms with E-state index in [0.717, 1.165) is 5.57 Å². The van der Waals surface area contributed by atoms with Gasteiger partial charge in [0, 0.05) is 5.92 Å². The van der Waals surface area contributed by atoms with Crippen LogP contribution in [0.5, 0.6) is 0 Å². The Labute approximate surface area is 186 Å². The number of fused-ring (bicyclic) bond motifs is 1. The summed E-state index contributed by atoms with van der Waals surface area (Å²) in [6.07, 6.45) is 3.17. The molecule has 3 saturated carbocycles. The maximum Gasteiger partial charge on any atom is 0.164 e. The number of Topliss-reactive ketones (excluding diaryl/α,β-unsaturated/α-hetero) is 4. The molecule has 3 rings (SSSR count). The summed E-state index contributed by atoms with van der Waals surface area (Å²) < 4.78 is 0. The van der Waals surface area contributed by atoms with Crippen LogP contribution in [0.3, 0.4) is 0 Å². The van der Waals surface area contributed by atoms with Crippen molar-refractivity contribution in [2.24, 2.45) is 39.9 Å². The van der Waals surface area contributed by atoms with Gasteiger partial charge in [-0.05, 0) is 70.6 Å². The van der Waals surface area contributed by atoms with Gasteiger partial charge in [-0.3, -0.25) is 19.2 Å². The molecule has 0 aromatic carbocycles. The highest BCUT2D eigenvalue weighted by Crippen LogP contribution is 2.72. The summed E-state index contributed by atoms with van der Waals surface area (Å²) in [5.41, 5.74) is -3.28. The highest BCUT2D eigenvalue weighted by Gasteiger charge is 2.80. The fraction of sp³-hybridized carbons (Fsp3) is 0.769. The van der Waals surface area contributed by atoms with Gasteiger partial charge in [-0.25, -0.2) is 0 Å². The molecule has 5 heteroatoms. The molecule has 1 N–H and O–H groups in total. The van der Waals surface area contributed by atoms with Crippen molar-refractivity contribution in [1.82, 2.24) is 0 Å². The van der Waals surface area contributed by atoms with Gasteiger partial charge in [-0.1, -0.05) is 39.3 Å². The van der Waals surface area contributed by atoms with E-state index in [1.54, 1.807) is 20.8 Å². The standard InChI is InChI=1S/C26H38O5/c1-9-15(4)19(27)18-20(28)25(11-10-14(2)3)12-17-23(5,6)16(24(7,8)31)13-26(17,21(18)29)22(25)30/h10,15-18,31H,9,11-13H2,1-8H3/t15?,16-,17+,18?,25?,26-/m0/s1. The fourth-order valence-corrected chi connectivity index (χ4v) is 6.97. The maximum absolute atomic E-state index is 14.1. The highest BCUT2D eigenvalue weighted by atomic mass is 16.3. The quantitative estimate of drug-likeness (QED) is 0.506. The van der Waals surface area contributed by atoms with Crippen LogP contribution >= 0.6 is 0 Å². The first kappa shape index (κ1) is 24.0. The lowest BCUT2D eigenvalue weighted by Crippen LogP contribution is -2.59. The molecular weight excluding hydrogens is 392 g/mol. The smallest absolute Gasteiger partial charge is 0.164 e. The van der Waals surface area contributed by atoms with Gasteiger partial charge < -0.3 is 5.11 Å². The van der Waals surface area contributed by atoms with E-state index in [1.165, 1.54) is 0 Å². The Bertz CT molecular complexity index is 869. The van der Waals surface area contributed by atoms with E-state index in [9.17, 15) is 24.3 Å². The van der Waals surface area contributed by atoms with Gasteiger partial charge in [-0.15, -0.1) is 0 Å². The minimum atomic E-state index is -1.36. The first-order valence-corrected chi connectivity index (χ1v) is 11.6. The zero-order valence-corrected chi connectivity index (χ0v) is 20.3. The number of hydrogen-bond donors (Lipinski definition) is 1. The molecule has 172 valence electrons. The molecule has 6 atom stereocenters. The maximum atomic E-state index is 14.1. The second kappa shape index (κ2) is 7.19. The molecule has 0 saturated heterocycles. The van der Waals surface area contributed by atoms with Crippen molar-refractivity contribution in [3.05, 3.63) is 11.6 Å². The van der Waals surface area contributed by atoms with Crippen molar-refractivity contribution in [3.8, 4) is 0 Å². The van der Waals surface area contributed by atoms with Crippen LogP contribution in [0.2, 0.25) is 0 Å². The SMILES string of the molecule is CCC(C)C(=O)C1C(=O)C2(CC=C(C)C)C[C@@H]3C(C)(C)[C@@H](C(C)(C)O)C[C@]3(C1=O)C2=O. The Hall–Kier alpha value is -1.62. The topological polar surface area (TPSA) is 88.5 Å². The van der Waals surface area contributed by atoms with Crippen LogP contribution in [0.25, 0.3) is 0 Å². The Kier molecular flexibility index (Phi) is 5.58. The predicted octanol–water partition coefficient (Wildman–Crippen LogP) is 4.10. The molecule has 5 nitrogen and oxygen atoms in total. The number of allylic oxidation sites excluding steroid dienone is 2. The van der Waals surface area contributed by atoms with E-state index in [1.807, 2.05) is 40.7 Å². The Morgan fingerprint density at radius 3 is 2.23 bits per heavy atom. The molecule has 2 bridgehead atoms. The number of rotatable bonds is 6. The minimum Gasteiger partial charge on any atom is -0.390 e. The van der Waals surface area contributed by atoms with E-state index < -0.39 is 45.2 Å². The summed E-state index contributed by atoms with van der Waals surface area (Å²) in [5.74, 6) is -4.06. The number of carbonyl (C=O) groups is 4. The second-order valence-corrected chi connectivity index (χ2v) is 11.7. The largest absolute Gasteiger partial charge is 0.390 e. The third kappa shape index (κ3) is 3.06. The average molecular weight is 431 g/mol. The van der Waals surface area contributed by atoms with E-state index in [-0.39, 0.29) is 42.7 Å². The van der Waals surface area contributed by atoms with Gasteiger partial charge >= 0.3 is 0 Å². The minimum absolute atomic E-state index is 0.208. The number of carbonyl (C=O) groups excluding carboxylic acids is 4. The summed E-state index contributed by atoms with van der Waals surface area (Å²) >= 11 is 0. The molecule has 1 spiro atoms. The summed E-state index contributed by atoms with van der Waals surface area (Å²) in [4.78, 5) is 55.0. The monoisotopic (exact) mass is 430 g/mol. The zero-order chi connectivity index (χ0) is 23.7. The van der Waals surface area contributed by atoms with Crippen molar-refractivity contribution < 1.29 is 24.3 Å². The third-order valence-electron chi connectivity index (χ3n) is 8.84. The lowest BCUT2D eigenvalue weighted by atomic mass is 9.57. The van der Waals surface area contributed by atoms with E-state index >= 15 is 0 Å². The van der Waals surface area contributed by atoms with Crippen molar-refractivity contribution in [1.29, 1.82) is 0 Å². The van der Waals surface area contributed by atoms with Crippen molar-refractivity contribution >= 4 is 23.1 Å². The van der Waals surface area contributed by atoms with Crippen LogP contribution in [0, 0.1) is 39.9 Å². The molecule has 0 amide bonds. The molecule has 0 radical (unpaired) electrons. The van der Waals surface area contributed by atoms with Crippen molar-refractivity contribution in [3.63, 3.8) is 0 Å². The molecular formula is C26H38O5. The molecule has 3 aliphatic rings. The summed E-state index contributed by atoms with van der Waals surface area (Å²) in [6.45, 7) is 14.9. The Morgan fingerprint density at radius 1 is 1.16 bits per heavy atom. The van der Waals surface area contributed by atoms with Gasteiger partial charge in [0.2, 0.25) is 0 Å². The van der Waals surface area contributed by atoms with Crippen LogP contribution < -0.4 is 0 Å². The molecule has 0 aliphatic heterocycles. The van der Waals surface area contributed by atoms with E-state index in [4.69, 9.17) is 0 Å². The number of ketones is 4. The number of hydrogen-bond acceptors (Lipinski definition) is 5. The molecule has 3 unspecified atom stereocenters. The average Bonchev–Trinajstić information content (AvgIpc) is 3.03. The highest BCUT2D eigenvalue weighted by molar-refractivity contribution is 6.37. The van der Waals surface area contributed by atoms with Gasteiger partial charge in [0.15, 0.2) is 23.1 Å². The van der Waals surface area contributed by atoms with Crippen LogP contribution in [0.4, 0.5) is 0 Å².